The molecule has 0 saturated heterocycles. The van der Waals surface area contributed by atoms with Gasteiger partial charge in [-0.15, -0.1) is 11.6 Å². The first-order valence-electron chi connectivity index (χ1n) is 4.45. The van der Waals surface area contributed by atoms with Gasteiger partial charge >= 0.3 is 0 Å². The molecular formula is C11H16ClN. The first-order chi connectivity index (χ1) is 6.09. The fourth-order valence-corrected chi connectivity index (χ4v) is 1.62. The fraction of sp³-hybridized carbons (Fsp3) is 0.455. The monoisotopic (exact) mass is 197 g/mol. The SMILES string of the molecule is Cc1ccc(C(Cl)CN(C)C)cc1. The Hall–Kier alpha value is -0.530. The van der Waals surface area contributed by atoms with E-state index in [4.69, 9.17) is 11.6 Å². The third-order valence-electron chi connectivity index (χ3n) is 1.96. The third-order valence-corrected chi connectivity index (χ3v) is 2.35. The Morgan fingerprint density at radius 1 is 1.23 bits per heavy atom. The molecule has 1 atom stereocenters. The van der Waals surface area contributed by atoms with Gasteiger partial charge in [-0.25, -0.2) is 0 Å². The maximum absolute atomic E-state index is 6.21. The van der Waals surface area contributed by atoms with Crippen molar-refractivity contribution in [2.45, 2.75) is 12.3 Å². The van der Waals surface area contributed by atoms with Crippen LogP contribution in [0.25, 0.3) is 0 Å². The van der Waals surface area contributed by atoms with E-state index in [2.05, 4.69) is 36.1 Å². The number of rotatable bonds is 3. The van der Waals surface area contributed by atoms with E-state index < -0.39 is 0 Å². The number of hydrogen-bond donors (Lipinski definition) is 0. The summed E-state index contributed by atoms with van der Waals surface area (Å²) in [6, 6.07) is 8.38. The Labute approximate surface area is 85.3 Å². The van der Waals surface area contributed by atoms with Gasteiger partial charge in [-0.1, -0.05) is 29.8 Å². The lowest BCUT2D eigenvalue weighted by Gasteiger charge is -2.15. The Morgan fingerprint density at radius 2 is 1.77 bits per heavy atom. The molecule has 0 aliphatic carbocycles. The summed E-state index contributed by atoms with van der Waals surface area (Å²) in [4.78, 5) is 2.09. The normalized spacial score (nSPS) is 13.3. The molecule has 0 aliphatic rings. The summed E-state index contributed by atoms with van der Waals surface area (Å²) in [5, 5.41) is 0.0931. The maximum atomic E-state index is 6.21. The molecule has 0 aromatic heterocycles. The minimum absolute atomic E-state index is 0.0931. The standard InChI is InChI=1S/C11H16ClN/c1-9-4-6-10(7-5-9)11(12)8-13(2)3/h4-7,11H,8H2,1-3H3. The van der Waals surface area contributed by atoms with E-state index in [1.165, 1.54) is 11.1 Å². The van der Waals surface area contributed by atoms with Crippen LogP contribution >= 0.6 is 11.6 Å². The number of aryl methyl sites for hydroxylation is 1. The molecule has 1 aromatic carbocycles. The predicted octanol–water partition coefficient (Wildman–Crippen LogP) is 2.84. The molecule has 2 heteroatoms. The highest BCUT2D eigenvalue weighted by Crippen LogP contribution is 2.20. The van der Waals surface area contributed by atoms with Gasteiger partial charge in [0.15, 0.2) is 0 Å². The van der Waals surface area contributed by atoms with Crippen molar-refractivity contribution in [3.8, 4) is 0 Å². The minimum Gasteiger partial charge on any atom is -0.308 e. The predicted molar refractivity (Wildman–Crippen MR) is 58.3 cm³/mol. The number of likely N-dealkylation sites (N-methyl/N-ethyl adjacent to an activating group) is 1. The molecule has 0 fully saturated rings. The van der Waals surface area contributed by atoms with Gasteiger partial charge in [0.1, 0.15) is 0 Å². The molecule has 0 spiro atoms. The molecule has 72 valence electrons. The Kier molecular flexibility index (Phi) is 3.76. The molecular weight excluding hydrogens is 182 g/mol. The second-order valence-electron chi connectivity index (χ2n) is 3.64. The first kappa shape index (κ1) is 10.6. The van der Waals surface area contributed by atoms with Gasteiger partial charge in [0.2, 0.25) is 0 Å². The number of nitrogens with zero attached hydrogens (tertiary/aromatic N) is 1. The van der Waals surface area contributed by atoms with Gasteiger partial charge in [0.25, 0.3) is 0 Å². The molecule has 0 heterocycles. The van der Waals surface area contributed by atoms with Gasteiger partial charge in [-0.05, 0) is 26.6 Å². The van der Waals surface area contributed by atoms with Crippen LogP contribution in [0.3, 0.4) is 0 Å². The van der Waals surface area contributed by atoms with Crippen LogP contribution in [-0.4, -0.2) is 25.5 Å². The molecule has 0 radical (unpaired) electrons. The van der Waals surface area contributed by atoms with Crippen LogP contribution in [0.1, 0.15) is 16.5 Å². The van der Waals surface area contributed by atoms with Crippen LogP contribution < -0.4 is 0 Å². The maximum Gasteiger partial charge on any atom is 0.0712 e. The van der Waals surface area contributed by atoms with Gasteiger partial charge in [0.05, 0.1) is 5.38 Å². The van der Waals surface area contributed by atoms with Crippen LogP contribution in [-0.2, 0) is 0 Å². The lowest BCUT2D eigenvalue weighted by atomic mass is 10.1. The van der Waals surface area contributed by atoms with Crippen molar-refractivity contribution < 1.29 is 0 Å². The fourth-order valence-electron chi connectivity index (χ4n) is 1.20. The summed E-state index contributed by atoms with van der Waals surface area (Å²) in [7, 11) is 4.06. The number of alkyl halides is 1. The molecule has 1 nitrogen and oxygen atoms in total. The van der Waals surface area contributed by atoms with E-state index in [9.17, 15) is 0 Å². The summed E-state index contributed by atoms with van der Waals surface area (Å²) in [5.41, 5.74) is 2.47. The van der Waals surface area contributed by atoms with Crippen molar-refractivity contribution in [1.29, 1.82) is 0 Å². The van der Waals surface area contributed by atoms with E-state index in [1.807, 2.05) is 14.1 Å². The lowest BCUT2D eigenvalue weighted by Crippen LogP contribution is -2.17. The van der Waals surface area contributed by atoms with Crippen LogP contribution in [0.5, 0.6) is 0 Å². The number of halogens is 1. The van der Waals surface area contributed by atoms with Crippen LogP contribution in [0.15, 0.2) is 24.3 Å². The number of benzene rings is 1. The highest BCUT2D eigenvalue weighted by atomic mass is 35.5. The molecule has 1 aromatic rings. The quantitative estimate of drug-likeness (QED) is 0.674. The van der Waals surface area contributed by atoms with E-state index in [0.29, 0.717) is 0 Å². The largest absolute Gasteiger partial charge is 0.308 e. The molecule has 1 rings (SSSR count). The Balaban J connectivity index is 2.66. The average Bonchev–Trinajstić information content (AvgIpc) is 2.04. The summed E-state index contributed by atoms with van der Waals surface area (Å²) >= 11 is 6.21. The highest BCUT2D eigenvalue weighted by Gasteiger charge is 2.07. The van der Waals surface area contributed by atoms with Crippen molar-refractivity contribution in [3.63, 3.8) is 0 Å². The van der Waals surface area contributed by atoms with Crippen LogP contribution in [0, 0.1) is 6.92 Å². The smallest absolute Gasteiger partial charge is 0.0712 e. The van der Waals surface area contributed by atoms with Crippen LogP contribution in [0.2, 0.25) is 0 Å². The molecule has 0 bridgehead atoms. The van der Waals surface area contributed by atoms with Crippen molar-refractivity contribution in [2.75, 3.05) is 20.6 Å². The van der Waals surface area contributed by atoms with E-state index in [-0.39, 0.29) is 5.38 Å². The summed E-state index contributed by atoms with van der Waals surface area (Å²) in [6.07, 6.45) is 0. The van der Waals surface area contributed by atoms with Gasteiger partial charge in [-0.2, -0.15) is 0 Å². The van der Waals surface area contributed by atoms with Gasteiger partial charge in [-0.3, -0.25) is 0 Å². The molecule has 0 amide bonds. The van der Waals surface area contributed by atoms with E-state index in [1.54, 1.807) is 0 Å². The minimum atomic E-state index is 0.0931. The Morgan fingerprint density at radius 3 is 2.23 bits per heavy atom. The molecule has 0 N–H and O–H groups in total. The van der Waals surface area contributed by atoms with Crippen molar-refractivity contribution in [2.24, 2.45) is 0 Å². The highest BCUT2D eigenvalue weighted by molar-refractivity contribution is 6.21. The van der Waals surface area contributed by atoms with Gasteiger partial charge in [0, 0.05) is 6.54 Å². The topological polar surface area (TPSA) is 3.24 Å². The van der Waals surface area contributed by atoms with Crippen molar-refractivity contribution in [1.82, 2.24) is 4.90 Å². The lowest BCUT2D eigenvalue weighted by molar-refractivity contribution is 0.408. The van der Waals surface area contributed by atoms with E-state index in [0.717, 1.165) is 6.54 Å². The first-order valence-corrected chi connectivity index (χ1v) is 4.88. The zero-order valence-corrected chi connectivity index (χ0v) is 9.17. The van der Waals surface area contributed by atoms with Crippen LogP contribution in [0.4, 0.5) is 0 Å². The molecule has 0 saturated carbocycles. The summed E-state index contributed by atoms with van der Waals surface area (Å²) in [6.45, 7) is 2.96. The van der Waals surface area contributed by atoms with Crippen molar-refractivity contribution >= 4 is 11.6 Å². The average molecular weight is 198 g/mol. The summed E-state index contributed by atoms with van der Waals surface area (Å²) < 4.78 is 0. The molecule has 1 unspecified atom stereocenters. The molecule has 0 aliphatic heterocycles. The second-order valence-corrected chi connectivity index (χ2v) is 4.17. The Bertz CT molecular complexity index is 253. The second kappa shape index (κ2) is 4.64. The summed E-state index contributed by atoms with van der Waals surface area (Å²) in [5.74, 6) is 0. The van der Waals surface area contributed by atoms with Crippen molar-refractivity contribution in [3.05, 3.63) is 35.4 Å². The third kappa shape index (κ3) is 3.37. The van der Waals surface area contributed by atoms with E-state index >= 15 is 0 Å². The zero-order chi connectivity index (χ0) is 9.84. The number of hydrogen-bond acceptors (Lipinski definition) is 1. The van der Waals surface area contributed by atoms with Gasteiger partial charge < -0.3 is 4.90 Å². The molecule has 13 heavy (non-hydrogen) atoms. The zero-order valence-electron chi connectivity index (χ0n) is 8.42.